The lowest BCUT2D eigenvalue weighted by atomic mass is 10.1. The van der Waals surface area contributed by atoms with Gasteiger partial charge in [0.05, 0.1) is 19.2 Å². The number of likely N-dealkylation sites (tertiary alicyclic amines) is 1. The standard InChI is InChI=1S/C14H24BrN3O3/c1-14(2,3)21-13(19)18-7-9(8-20-4)5-10(18)12-16-6-11(15)17-12/h9-11H,5-8H2,1-4H3,(H,16,17)/t9-,10-,11?/m0/s1. The number of amides is 1. The van der Waals surface area contributed by atoms with Crippen LogP contribution in [0.1, 0.15) is 27.2 Å². The van der Waals surface area contributed by atoms with Crippen LogP contribution in [-0.4, -0.2) is 60.2 Å². The lowest BCUT2D eigenvalue weighted by Crippen LogP contribution is -2.47. The Balaban J connectivity index is 2.09. The highest BCUT2D eigenvalue weighted by Gasteiger charge is 2.41. The summed E-state index contributed by atoms with van der Waals surface area (Å²) in [7, 11) is 1.69. The monoisotopic (exact) mass is 361 g/mol. The highest BCUT2D eigenvalue weighted by atomic mass is 79.9. The van der Waals surface area contributed by atoms with Gasteiger partial charge >= 0.3 is 6.09 Å². The number of methoxy groups -OCH3 is 1. The minimum atomic E-state index is -0.496. The van der Waals surface area contributed by atoms with Gasteiger partial charge in [0.1, 0.15) is 16.4 Å². The zero-order valence-electron chi connectivity index (χ0n) is 13.1. The molecule has 2 aliphatic rings. The first-order chi connectivity index (χ1) is 9.80. The Kier molecular flexibility index (Phi) is 5.14. The number of carbonyl (C=O) groups excluding carboxylic acids is 1. The van der Waals surface area contributed by atoms with Crippen LogP contribution < -0.4 is 5.32 Å². The van der Waals surface area contributed by atoms with Gasteiger partial charge < -0.3 is 14.8 Å². The summed E-state index contributed by atoms with van der Waals surface area (Å²) >= 11 is 3.49. The first-order valence-electron chi connectivity index (χ1n) is 7.23. The van der Waals surface area contributed by atoms with E-state index in [2.05, 4.69) is 26.2 Å². The normalized spacial score (nSPS) is 29.3. The van der Waals surface area contributed by atoms with E-state index >= 15 is 0 Å². The van der Waals surface area contributed by atoms with E-state index in [1.807, 2.05) is 20.8 Å². The fourth-order valence-corrected chi connectivity index (χ4v) is 3.07. The molecular formula is C14H24BrN3O3. The Morgan fingerprint density at radius 3 is 2.76 bits per heavy atom. The zero-order valence-corrected chi connectivity index (χ0v) is 14.6. The van der Waals surface area contributed by atoms with Crippen LogP contribution in [0.3, 0.4) is 0 Å². The minimum Gasteiger partial charge on any atom is -0.444 e. The summed E-state index contributed by atoms with van der Waals surface area (Å²) in [5.41, 5.74) is -0.496. The van der Waals surface area contributed by atoms with Gasteiger partial charge in [0, 0.05) is 19.6 Å². The van der Waals surface area contributed by atoms with Crippen LogP contribution in [0.25, 0.3) is 0 Å². The molecule has 0 aromatic heterocycles. The van der Waals surface area contributed by atoms with Gasteiger partial charge in [-0.3, -0.25) is 9.89 Å². The number of halogens is 1. The van der Waals surface area contributed by atoms with Gasteiger partial charge in [-0.2, -0.15) is 0 Å². The highest BCUT2D eigenvalue weighted by molar-refractivity contribution is 9.09. The molecule has 6 nitrogen and oxygen atoms in total. The van der Waals surface area contributed by atoms with E-state index in [1.165, 1.54) is 0 Å². The van der Waals surface area contributed by atoms with Crippen LogP contribution in [0, 0.1) is 5.92 Å². The molecule has 2 heterocycles. The van der Waals surface area contributed by atoms with E-state index in [1.54, 1.807) is 12.0 Å². The molecule has 1 unspecified atom stereocenters. The predicted molar refractivity (Wildman–Crippen MR) is 84.9 cm³/mol. The van der Waals surface area contributed by atoms with Gasteiger partial charge in [0.2, 0.25) is 0 Å². The number of nitrogens with zero attached hydrogens (tertiary/aromatic N) is 2. The number of ether oxygens (including phenoxy) is 2. The third-order valence-electron chi connectivity index (χ3n) is 3.46. The SMILES string of the molecule is COC[C@H]1C[C@@H](C2=NCC(Br)N2)N(C(=O)OC(C)(C)C)C1. The van der Waals surface area contributed by atoms with Crippen LogP contribution in [0.15, 0.2) is 4.99 Å². The maximum atomic E-state index is 12.4. The summed E-state index contributed by atoms with van der Waals surface area (Å²) in [5, 5.41) is 3.28. The largest absolute Gasteiger partial charge is 0.444 e. The van der Waals surface area contributed by atoms with Crippen molar-refractivity contribution >= 4 is 27.9 Å². The molecule has 7 heteroatoms. The molecule has 2 rings (SSSR count). The van der Waals surface area contributed by atoms with Crippen molar-refractivity contribution in [2.45, 2.75) is 43.8 Å². The fourth-order valence-electron chi connectivity index (χ4n) is 2.69. The molecule has 1 fully saturated rings. The van der Waals surface area contributed by atoms with Gasteiger partial charge in [-0.1, -0.05) is 15.9 Å². The Labute approximate surface area is 134 Å². The summed E-state index contributed by atoms with van der Waals surface area (Å²) in [4.78, 5) is 18.8. The Morgan fingerprint density at radius 2 is 2.24 bits per heavy atom. The molecule has 120 valence electrons. The smallest absolute Gasteiger partial charge is 0.410 e. The molecule has 0 spiro atoms. The van der Waals surface area contributed by atoms with Crippen molar-refractivity contribution in [3.63, 3.8) is 0 Å². The second kappa shape index (κ2) is 6.52. The summed E-state index contributed by atoms with van der Waals surface area (Å²) < 4.78 is 10.8. The fraction of sp³-hybridized carbons (Fsp3) is 0.857. The first-order valence-corrected chi connectivity index (χ1v) is 8.15. The average molecular weight is 362 g/mol. The third-order valence-corrected chi connectivity index (χ3v) is 3.98. The van der Waals surface area contributed by atoms with E-state index in [4.69, 9.17) is 9.47 Å². The molecule has 1 saturated heterocycles. The van der Waals surface area contributed by atoms with Crippen molar-refractivity contribution in [3.05, 3.63) is 0 Å². The van der Waals surface area contributed by atoms with E-state index in [9.17, 15) is 4.79 Å². The Hall–Kier alpha value is -0.820. The van der Waals surface area contributed by atoms with Crippen LogP contribution in [0.4, 0.5) is 4.79 Å². The number of hydrogen-bond acceptors (Lipinski definition) is 5. The molecule has 21 heavy (non-hydrogen) atoms. The van der Waals surface area contributed by atoms with Crippen LogP contribution >= 0.6 is 15.9 Å². The molecule has 0 aromatic carbocycles. The first kappa shape index (κ1) is 16.5. The Morgan fingerprint density at radius 1 is 1.52 bits per heavy atom. The zero-order chi connectivity index (χ0) is 15.6. The molecular weight excluding hydrogens is 338 g/mol. The number of rotatable bonds is 3. The maximum absolute atomic E-state index is 12.4. The number of carbonyl (C=O) groups is 1. The van der Waals surface area contributed by atoms with Crippen molar-refractivity contribution in [2.75, 3.05) is 26.8 Å². The molecule has 0 bridgehead atoms. The summed E-state index contributed by atoms with van der Waals surface area (Å²) in [6.07, 6.45) is 0.562. The molecule has 1 N–H and O–H groups in total. The van der Waals surface area contributed by atoms with E-state index in [-0.39, 0.29) is 17.1 Å². The van der Waals surface area contributed by atoms with Gasteiger partial charge in [-0.15, -0.1) is 0 Å². The number of aliphatic imine (C=N–C) groups is 1. The molecule has 0 aromatic rings. The summed E-state index contributed by atoms with van der Waals surface area (Å²) in [6, 6.07) is -0.0532. The second-order valence-corrected chi connectivity index (χ2v) is 7.65. The van der Waals surface area contributed by atoms with Gasteiger partial charge in [0.25, 0.3) is 0 Å². The van der Waals surface area contributed by atoms with Crippen LogP contribution in [0.5, 0.6) is 0 Å². The van der Waals surface area contributed by atoms with Crippen molar-refractivity contribution in [1.29, 1.82) is 0 Å². The summed E-state index contributed by atoms with van der Waals surface area (Å²) in [5.74, 6) is 1.17. The number of alkyl halides is 1. The maximum Gasteiger partial charge on any atom is 0.410 e. The van der Waals surface area contributed by atoms with Crippen molar-refractivity contribution in [2.24, 2.45) is 10.9 Å². The van der Waals surface area contributed by atoms with E-state index < -0.39 is 5.60 Å². The Bertz CT molecular complexity index is 422. The van der Waals surface area contributed by atoms with E-state index in [0.29, 0.717) is 25.6 Å². The van der Waals surface area contributed by atoms with Gasteiger partial charge in [-0.05, 0) is 27.2 Å². The molecule has 2 aliphatic heterocycles. The van der Waals surface area contributed by atoms with Gasteiger partial charge in [0.15, 0.2) is 0 Å². The predicted octanol–water partition coefficient (Wildman–Crippen LogP) is 1.98. The lowest BCUT2D eigenvalue weighted by Gasteiger charge is -2.28. The van der Waals surface area contributed by atoms with Crippen LogP contribution in [-0.2, 0) is 9.47 Å². The van der Waals surface area contributed by atoms with Gasteiger partial charge in [-0.25, -0.2) is 4.79 Å². The average Bonchev–Trinajstić information content (AvgIpc) is 2.93. The van der Waals surface area contributed by atoms with Crippen molar-refractivity contribution in [1.82, 2.24) is 10.2 Å². The van der Waals surface area contributed by atoms with Crippen molar-refractivity contribution < 1.29 is 14.3 Å². The van der Waals surface area contributed by atoms with Crippen molar-refractivity contribution in [3.8, 4) is 0 Å². The summed E-state index contributed by atoms with van der Waals surface area (Å²) in [6.45, 7) is 7.60. The van der Waals surface area contributed by atoms with E-state index in [0.717, 1.165) is 12.3 Å². The molecule has 0 aliphatic carbocycles. The highest BCUT2D eigenvalue weighted by Crippen LogP contribution is 2.27. The molecule has 0 saturated carbocycles. The number of amidine groups is 1. The minimum absolute atomic E-state index is 0.0532. The third kappa shape index (κ3) is 4.32. The quantitative estimate of drug-likeness (QED) is 0.616. The second-order valence-electron chi connectivity index (χ2n) is 6.54. The molecule has 0 radical (unpaired) electrons. The number of hydrogen-bond donors (Lipinski definition) is 1. The molecule has 3 atom stereocenters. The topological polar surface area (TPSA) is 63.2 Å². The lowest BCUT2D eigenvalue weighted by molar-refractivity contribution is 0.0252. The number of nitrogens with one attached hydrogen (secondary N) is 1. The van der Waals surface area contributed by atoms with Crippen LogP contribution in [0.2, 0.25) is 0 Å². The molecule has 1 amide bonds.